The van der Waals surface area contributed by atoms with Gasteiger partial charge in [-0.05, 0) is 24.5 Å². The summed E-state index contributed by atoms with van der Waals surface area (Å²) in [6.07, 6.45) is 1.69. The molecule has 5 heteroatoms. The third-order valence-electron chi connectivity index (χ3n) is 3.52. The monoisotopic (exact) mass is 291 g/mol. The smallest absolute Gasteiger partial charge is 0.253 e. The Balaban J connectivity index is 2.84. The molecule has 2 amide bonds. The second-order valence-electron chi connectivity index (χ2n) is 5.20. The molecular weight excluding hydrogens is 266 g/mol. The molecular formula is C16H25N3O2. The third-order valence-corrected chi connectivity index (χ3v) is 3.52. The number of hydrogen-bond donors (Lipinski definition) is 3. The highest BCUT2D eigenvalue weighted by Gasteiger charge is 2.21. The molecule has 0 aliphatic rings. The highest BCUT2D eigenvalue weighted by atomic mass is 16.2. The molecule has 0 saturated heterocycles. The summed E-state index contributed by atoms with van der Waals surface area (Å²) in [6.45, 7) is 6.51. The van der Waals surface area contributed by atoms with E-state index in [0.29, 0.717) is 17.8 Å². The number of nitrogens with one attached hydrogen (secondary N) is 2. The fourth-order valence-corrected chi connectivity index (χ4v) is 1.85. The molecule has 2 atom stereocenters. The summed E-state index contributed by atoms with van der Waals surface area (Å²) in [4.78, 5) is 24.2. The fraction of sp³-hybridized carbons (Fsp3) is 0.500. The average Bonchev–Trinajstić information content (AvgIpc) is 2.51. The number of para-hydroxylation sites is 1. The summed E-state index contributed by atoms with van der Waals surface area (Å²) in [5, 5.41) is 5.56. The molecule has 0 spiro atoms. The molecule has 0 saturated carbocycles. The number of nitrogens with two attached hydrogens (primary N) is 1. The Morgan fingerprint density at radius 2 is 1.90 bits per heavy atom. The van der Waals surface area contributed by atoms with E-state index < -0.39 is 6.04 Å². The first-order valence-corrected chi connectivity index (χ1v) is 7.44. The minimum absolute atomic E-state index is 0.0890. The highest BCUT2D eigenvalue weighted by molar-refractivity contribution is 6.04. The lowest BCUT2D eigenvalue weighted by Crippen LogP contribution is -2.41. The van der Waals surface area contributed by atoms with Gasteiger partial charge in [0.2, 0.25) is 5.91 Å². The minimum Gasteiger partial charge on any atom is -0.352 e. The Morgan fingerprint density at radius 3 is 2.52 bits per heavy atom. The van der Waals surface area contributed by atoms with Crippen LogP contribution in [0.3, 0.4) is 0 Å². The van der Waals surface area contributed by atoms with Gasteiger partial charge in [0.15, 0.2) is 0 Å². The zero-order valence-electron chi connectivity index (χ0n) is 13.0. The number of benzene rings is 1. The summed E-state index contributed by atoms with van der Waals surface area (Å²) in [7, 11) is 0. The number of hydrogen-bond acceptors (Lipinski definition) is 3. The lowest BCUT2D eigenvalue weighted by molar-refractivity contribution is -0.118. The van der Waals surface area contributed by atoms with Crippen molar-refractivity contribution in [2.24, 2.45) is 11.7 Å². The van der Waals surface area contributed by atoms with Crippen LogP contribution in [-0.2, 0) is 4.79 Å². The Bertz CT molecular complexity index is 488. The van der Waals surface area contributed by atoms with Crippen molar-refractivity contribution in [2.75, 3.05) is 11.9 Å². The molecule has 0 aliphatic heterocycles. The second-order valence-corrected chi connectivity index (χ2v) is 5.20. The van der Waals surface area contributed by atoms with Gasteiger partial charge in [-0.1, -0.05) is 39.3 Å². The van der Waals surface area contributed by atoms with Gasteiger partial charge in [0.1, 0.15) is 0 Å². The Kier molecular flexibility index (Phi) is 6.88. The van der Waals surface area contributed by atoms with Crippen molar-refractivity contribution >= 4 is 17.5 Å². The lowest BCUT2D eigenvalue weighted by atomic mass is 9.99. The average molecular weight is 291 g/mol. The molecule has 2 unspecified atom stereocenters. The van der Waals surface area contributed by atoms with Crippen LogP contribution in [0.2, 0.25) is 0 Å². The van der Waals surface area contributed by atoms with E-state index in [2.05, 4.69) is 10.6 Å². The molecule has 0 bridgehead atoms. The van der Waals surface area contributed by atoms with Crippen molar-refractivity contribution in [3.05, 3.63) is 29.8 Å². The normalized spacial score (nSPS) is 13.3. The van der Waals surface area contributed by atoms with Crippen molar-refractivity contribution < 1.29 is 9.59 Å². The maximum absolute atomic E-state index is 12.1. The number of carbonyl (C=O) groups excluding carboxylic acids is 2. The second kappa shape index (κ2) is 8.42. The van der Waals surface area contributed by atoms with Crippen LogP contribution in [0.15, 0.2) is 24.3 Å². The van der Waals surface area contributed by atoms with Crippen LogP contribution in [0.25, 0.3) is 0 Å². The number of anilines is 1. The van der Waals surface area contributed by atoms with Gasteiger partial charge in [0, 0.05) is 6.54 Å². The molecule has 0 radical (unpaired) electrons. The van der Waals surface area contributed by atoms with Gasteiger partial charge in [-0.25, -0.2) is 0 Å². The SMILES string of the molecule is CCCNC(=O)c1ccccc1NC(=O)C(N)C(C)CC. The van der Waals surface area contributed by atoms with Crippen molar-refractivity contribution in [1.29, 1.82) is 0 Å². The predicted molar refractivity (Wildman–Crippen MR) is 85.1 cm³/mol. The molecule has 1 aromatic carbocycles. The van der Waals surface area contributed by atoms with E-state index in [0.717, 1.165) is 12.8 Å². The summed E-state index contributed by atoms with van der Waals surface area (Å²) in [6, 6.07) is 6.37. The van der Waals surface area contributed by atoms with Crippen molar-refractivity contribution in [3.8, 4) is 0 Å². The van der Waals surface area contributed by atoms with Crippen molar-refractivity contribution in [2.45, 2.75) is 39.7 Å². The molecule has 0 heterocycles. The quantitative estimate of drug-likeness (QED) is 0.719. The molecule has 0 aliphatic carbocycles. The van der Waals surface area contributed by atoms with Crippen LogP contribution in [0.5, 0.6) is 0 Å². The molecule has 0 fully saturated rings. The Labute approximate surface area is 126 Å². The summed E-state index contributed by atoms with van der Waals surface area (Å²) in [5.41, 5.74) is 6.86. The molecule has 1 rings (SSSR count). The summed E-state index contributed by atoms with van der Waals surface area (Å²) in [5.74, 6) is -0.365. The highest BCUT2D eigenvalue weighted by Crippen LogP contribution is 2.16. The zero-order chi connectivity index (χ0) is 15.8. The zero-order valence-corrected chi connectivity index (χ0v) is 13.0. The molecule has 116 valence electrons. The first kappa shape index (κ1) is 17.2. The van der Waals surface area contributed by atoms with Gasteiger partial charge in [-0.15, -0.1) is 0 Å². The van der Waals surface area contributed by atoms with Crippen LogP contribution < -0.4 is 16.4 Å². The van der Waals surface area contributed by atoms with Gasteiger partial charge >= 0.3 is 0 Å². The molecule has 4 N–H and O–H groups in total. The van der Waals surface area contributed by atoms with E-state index in [9.17, 15) is 9.59 Å². The van der Waals surface area contributed by atoms with Crippen LogP contribution in [-0.4, -0.2) is 24.4 Å². The molecule has 1 aromatic rings. The van der Waals surface area contributed by atoms with Crippen molar-refractivity contribution in [3.63, 3.8) is 0 Å². The number of carbonyl (C=O) groups is 2. The van der Waals surface area contributed by atoms with Gasteiger partial charge in [-0.2, -0.15) is 0 Å². The van der Waals surface area contributed by atoms with Crippen molar-refractivity contribution in [1.82, 2.24) is 5.32 Å². The van der Waals surface area contributed by atoms with Crippen LogP contribution in [0.4, 0.5) is 5.69 Å². The largest absolute Gasteiger partial charge is 0.352 e. The van der Waals surface area contributed by atoms with Gasteiger partial charge in [0.25, 0.3) is 5.91 Å². The standard InChI is InChI=1S/C16H25N3O2/c1-4-10-18-15(20)12-8-6-7-9-13(12)19-16(21)14(17)11(3)5-2/h6-9,11,14H,4-5,10,17H2,1-3H3,(H,18,20)(H,19,21). The number of rotatable bonds is 7. The van der Waals surface area contributed by atoms with Gasteiger partial charge < -0.3 is 16.4 Å². The fourth-order valence-electron chi connectivity index (χ4n) is 1.85. The summed E-state index contributed by atoms with van der Waals surface area (Å²) < 4.78 is 0. The number of amides is 2. The maximum Gasteiger partial charge on any atom is 0.253 e. The Hall–Kier alpha value is -1.88. The van der Waals surface area contributed by atoms with E-state index in [-0.39, 0.29) is 17.7 Å². The van der Waals surface area contributed by atoms with E-state index in [1.165, 1.54) is 0 Å². The van der Waals surface area contributed by atoms with Crippen LogP contribution in [0.1, 0.15) is 44.0 Å². The molecule has 5 nitrogen and oxygen atoms in total. The van der Waals surface area contributed by atoms with Gasteiger partial charge in [-0.3, -0.25) is 9.59 Å². The predicted octanol–water partition coefficient (Wildman–Crippen LogP) is 2.14. The van der Waals surface area contributed by atoms with Gasteiger partial charge in [0.05, 0.1) is 17.3 Å². The molecule has 0 aromatic heterocycles. The van der Waals surface area contributed by atoms with E-state index >= 15 is 0 Å². The first-order valence-electron chi connectivity index (χ1n) is 7.44. The third kappa shape index (κ3) is 4.86. The first-order chi connectivity index (χ1) is 10.0. The molecule has 21 heavy (non-hydrogen) atoms. The topological polar surface area (TPSA) is 84.2 Å². The maximum atomic E-state index is 12.1. The van der Waals surface area contributed by atoms with Crippen LogP contribution >= 0.6 is 0 Å². The van der Waals surface area contributed by atoms with E-state index in [1.807, 2.05) is 20.8 Å². The summed E-state index contributed by atoms with van der Waals surface area (Å²) >= 11 is 0. The minimum atomic E-state index is -0.582. The van der Waals surface area contributed by atoms with E-state index in [1.54, 1.807) is 24.3 Å². The van der Waals surface area contributed by atoms with E-state index in [4.69, 9.17) is 5.73 Å². The lowest BCUT2D eigenvalue weighted by Gasteiger charge is -2.19. The Morgan fingerprint density at radius 1 is 1.24 bits per heavy atom. The van der Waals surface area contributed by atoms with Crippen LogP contribution in [0, 0.1) is 5.92 Å².